The minimum absolute atomic E-state index is 0.141. The third-order valence-corrected chi connectivity index (χ3v) is 4.63. The van der Waals surface area contributed by atoms with Gasteiger partial charge in [-0.25, -0.2) is 0 Å². The first-order chi connectivity index (χ1) is 9.85. The largest absolute Gasteiger partial charge is 0.395 e. The van der Waals surface area contributed by atoms with Crippen LogP contribution < -0.4 is 0 Å². The lowest BCUT2D eigenvalue weighted by Crippen LogP contribution is -2.20. The van der Waals surface area contributed by atoms with Crippen LogP contribution in [0.15, 0.2) is 24.3 Å². The Balaban J connectivity index is 1.55. The molecule has 1 N–H and O–H groups in total. The van der Waals surface area contributed by atoms with Gasteiger partial charge in [0.1, 0.15) is 0 Å². The standard InChI is InChI=1S/C18H23NO/c20-11-2-1-4-15-7-9-16(10-8-15)12-19-13-17-5-3-6-18(17)14-19/h7-10,17-18,20H,2-3,5-6,11-14H2. The molecule has 0 radical (unpaired) electrons. The van der Waals surface area contributed by atoms with E-state index in [-0.39, 0.29) is 6.61 Å². The Bertz CT molecular complexity index is 484. The summed E-state index contributed by atoms with van der Waals surface area (Å²) in [4.78, 5) is 2.61. The first kappa shape index (κ1) is 13.7. The van der Waals surface area contributed by atoms with Gasteiger partial charge in [-0.3, -0.25) is 4.90 Å². The number of aliphatic hydroxyl groups excluding tert-OH is 1. The van der Waals surface area contributed by atoms with E-state index >= 15 is 0 Å². The number of hydrogen-bond donors (Lipinski definition) is 1. The molecule has 1 aliphatic carbocycles. The van der Waals surface area contributed by atoms with Gasteiger partial charge in [0.15, 0.2) is 0 Å². The lowest BCUT2D eigenvalue weighted by molar-refractivity contribution is 0.303. The Morgan fingerprint density at radius 1 is 1.10 bits per heavy atom. The van der Waals surface area contributed by atoms with E-state index < -0.39 is 0 Å². The molecule has 0 aromatic heterocycles. The van der Waals surface area contributed by atoms with Crippen molar-refractivity contribution in [1.82, 2.24) is 4.90 Å². The molecule has 0 amide bonds. The summed E-state index contributed by atoms with van der Waals surface area (Å²) in [6.07, 6.45) is 4.89. The predicted molar refractivity (Wildman–Crippen MR) is 81.1 cm³/mol. The molecule has 0 spiro atoms. The van der Waals surface area contributed by atoms with Crippen LogP contribution in [-0.2, 0) is 6.54 Å². The van der Waals surface area contributed by atoms with Crippen LogP contribution in [0, 0.1) is 23.7 Å². The average molecular weight is 269 g/mol. The first-order valence-electron chi connectivity index (χ1n) is 7.76. The fourth-order valence-corrected chi connectivity index (χ4v) is 3.63. The van der Waals surface area contributed by atoms with E-state index in [1.165, 1.54) is 37.9 Å². The normalized spacial score (nSPS) is 25.2. The van der Waals surface area contributed by atoms with E-state index in [4.69, 9.17) is 5.11 Å². The molecule has 0 bridgehead atoms. The molecule has 2 aliphatic rings. The summed E-state index contributed by atoms with van der Waals surface area (Å²) >= 11 is 0. The SMILES string of the molecule is OCCC#Cc1ccc(CN2CC3CCCC3C2)cc1. The molecule has 1 heterocycles. The molecule has 2 atom stereocenters. The number of aliphatic hydroxyl groups is 1. The summed E-state index contributed by atoms with van der Waals surface area (Å²) in [7, 11) is 0. The van der Waals surface area contributed by atoms with Crippen molar-refractivity contribution in [2.24, 2.45) is 11.8 Å². The van der Waals surface area contributed by atoms with Crippen LogP contribution in [0.4, 0.5) is 0 Å². The summed E-state index contributed by atoms with van der Waals surface area (Å²) in [5.74, 6) is 7.98. The van der Waals surface area contributed by atoms with Crippen LogP contribution >= 0.6 is 0 Å². The molecule has 106 valence electrons. The van der Waals surface area contributed by atoms with Crippen molar-refractivity contribution in [3.05, 3.63) is 35.4 Å². The van der Waals surface area contributed by atoms with Crippen molar-refractivity contribution in [1.29, 1.82) is 0 Å². The van der Waals surface area contributed by atoms with Gasteiger partial charge < -0.3 is 5.11 Å². The smallest absolute Gasteiger partial charge is 0.0540 e. The summed E-state index contributed by atoms with van der Waals surface area (Å²) in [6, 6.07) is 8.57. The number of hydrogen-bond acceptors (Lipinski definition) is 2. The van der Waals surface area contributed by atoms with Crippen LogP contribution in [0.3, 0.4) is 0 Å². The molecule has 1 saturated heterocycles. The summed E-state index contributed by atoms with van der Waals surface area (Å²) < 4.78 is 0. The van der Waals surface area contributed by atoms with Gasteiger partial charge in [-0.1, -0.05) is 30.4 Å². The van der Waals surface area contributed by atoms with Crippen molar-refractivity contribution >= 4 is 0 Å². The second kappa shape index (κ2) is 6.43. The fraction of sp³-hybridized carbons (Fsp3) is 0.556. The lowest BCUT2D eigenvalue weighted by Gasteiger charge is -2.16. The average Bonchev–Trinajstić information content (AvgIpc) is 3.02. The molecular weight excluding hydrogens is 246 g/mol. The number of likely N-dealkylation sites (tertiary alicyclic amines) is 1. The van der Waals surface area contributed by atoms with Crippen LogP contribution in [0.1, 0.15) is 36.8 Å². The maximum absolute atomic E-state index is 8.71. The highest BCUT2D eigenvalue weighted by Gasteiger charge is 2.35. The second-order valence-electron chi connectivity index (χ2n) is 6.12. The van der Waals surface area contributed by atoms with Crippen LogP contribution in [0.25, 0.3) is 0 Å². The maximum atomic E-state index is 8.71. The van der Waals surface area contributed by atoms with Gasteiger partial charge in [-0.05, 0) is 42.4 Å². The highest BCUT2D eigenvalue weighted by atomic mass is 16.2. The van der Waals surface area contributed by atoms with Gasteiger partial charge in [0, 0.05) is 31.6 Å². The van der Waals surface area contributed by atoms with Crippen molar-refractivity contribution in [3.63, 3.8) is 0 Å². The summed E-state index contributed by atoms with van der Waals surface area (Å²) in [5.41, 5.74) is 2.43. The minimum atomic E-state index is 0.141. The molecule has 1 aromatic carbocycles. The monoisotopic (exact) mass is 269 g/mol. The molecule has 2 unspecified atom stereocenters. The Hall–Kier alpha value is -1.30. The van der Waals surface area contributed by atoms with E-state index in [0.29, 0.717) is 6.42 Å². The quantitative estimate of drug-likeness (QED) is 0.853. The number of nitrogens with zero attached hydrogens (tertiary/aromatic N) is 1. The van der Waals surface area contributed by atoms with Crippen molar-refractivity contribution in [2.45, 2.75) is 32.2 Å². The summed E-state index contributed by atoms with van der Waals surface area (Å²) in [5, 5.41) is 8.71. The number of rotatable bonds is 3. The minimum Gasteiger partial charge on any atom is -0.395 e. The Kier molecular flexibility index (Phi) is 4.40. The third-order valence-electron chi connectivity index (χ3n) is 4.63. The van der Waals surface area contributed by atoms with Crippen LogP contribution in [0.5, 0.6) is 0 Å². The van der Waals surface area contributed by atoms with Crippen molar-refractivity contribution in [3.8, 4) is 11.8 Å². The topological polar surface area (TPSA) is 23.5 Å². The summed E-state index contributed by atoms with van der Waals surface area (Å²) in [6.45, 7) is 3.81. The zero-order valence-electron chi connectivity index (χ0n) is 12.0. The van der Waals surface area contributed by atoms with Crippen LogP contribution in [0.2, 0.25) is 0 Å². The molecular formula is C18H23NO. The third kappa shape index (κ3) is 3.23. The molecule has 1 aromatic rings. The zero-order valence-corrected chi connectivity index (χ0v) is 12.0. The Labute approximate surface area is 121 Å². The van der Waals surface area contributed by atoms with E-state index in [0.717, 1.165) is 23.9 Å². The van der Waals surface area contributed by atoms with Gasteiger partial charge in [0.25, 0.3) is 0 Å². The molecule has 2 nitrogen and oxygen atoms in total. The number of benzene rings is 1. The number of fused-ring (bicyclic) bond motifs is 1. The second-order valence-corrected chi connectivity index (χ2v) is 6.12. The van der Waals surface area contributed by atoms with Crippen molar-refractivity contribution in [2.75, 3.05) is 19.7 Å². The Morgan fingerprint density at radius 3 is 2.45 bits per heavy atom. The lowest BCUT2D eigenvalue weighted by atomic mass is 10.0. The first-order valence-corrected chi connectivity index (χ1v) is 7.76. The predicted octanol–water partition coefficient (Wildman–Crippen LogP) is 2.65. The zero-order chi connectivity index (χ0) is 13.8. The highest BCUT2D eigenvalue weighted by molar-refractivity contribution is 5.36. The molecule has 1 saturated carbocycles. The van der Waals surface area contributed by atoms with Gasteiger partial charge in [-0.2, -0.15) is 0 Å². The van der Waals surface area contributed by atoms with Gasteiger partial charge in [0.05, 0.1) is 6.61 Å². The fourth-order valence-electron chi connectivity index (χ4n) is 3.63. The van der Waals surface area contributed by atoms with E-state index in [1.54, 1.807) is 0 Å². The molecule has 3 rings (SSSR count). The molecule has 1 aliphatic heterocycles. The molecule has 2 heteroatoms. The van der Waals surface area contributed by atoms with E-state index in [9.17, 15) is 0 Å². The van der Waals surface area contributed by atoms with Crippen molar-refractivity contribution < 1.29 is 5.11 Å². The molecule has 20 heavy (non-hydrogen) atoms. The maximum Gasteiger partial charge on any atom is 0.0540 e. The van der Waals surface area contributed by atoms with E-state index in [1.807, 2.05) is 0 Å². The highest BCUT2D eigenvalue weighted by Crippen LogP contribution is 2.38. The van der Waals surface area contributed by atoms with Crippen LogP contribution in [-0.4, -0.2) is 29.7 Å². The van der Waals surface area contributed by atoms with Gasteiger partial charge in [0.2, 0.25) is 0 Å². The van der Waals surface area contributed by atoms with E-state index in [2.05, 4.69) is 41.0 Å². The molecule has 2 fully saturated rings. The van der Waals surface area contributed by atoms with Gasteiger partial charge in [-0.15, -0.1) is 0 Å². The van der Waals surface area contributed by atoms with Gasteiger partial charge >= 0.3 is 0 Å². The Morgan fingerprint density at radius 2 is 1.80 bits per heavy atom.